The third-order valence-electron chi connectivity index (χ3n) is 4.40. The van der Waals surface area contributed by atoms with E-state index in [1.54, 1.807) is 24.3 Å². The summed E-state index contributed by atoms with van der Waals surface area (Å²) < 4.78 is 27.4. The molecule has 0 aromatic heterocycles. The van der Waals surface area contributed by atoms with Crippen molar-refractivity contribution >= 4 is 47.2 Å². The zero-order valence-corrected chi connectivity index (χ0v) is 19.6. The number of carbonyl (C=O) groups excluding carboxylic acids is 4. The van der Waals surface area contributed by atoms with E-state index in [0.717, 1.165) is 4.90 Å². The molecule has 5 atom stereocenters. The summed E-state index contributed by atoms with van der Waals surface area (Å²) in [5.74, 6) is -3.08. The van der Waals surface area contributed by atoms with Crippen molar-refractivity contribution in [1.29, 1.82) is 0 Å². The fourth-order valence-corrected chi connectivity index (χ4v) is 4.37. The molecule has 0 saturated carbocycles. The predicted molar refractivity (Wildman–Crippen MR) is 114 cm³/mol. The number of carbonyl (C=O) groups is 4. The van der Waals surface area contributed by atoms with Gasteiger partial charge in [-0.25, -0.2) is 0 Å². The van der Waals surface area contributed by atoms with Crippen molar-refractivity contribution in [3.63, 3.8) is 0 Å². The Morgan fingerprint density at radius 3 is 1.91 bits per heavy atom. The summed E-state index contributed by atoms with van der Waals surface area (Å²) in [6.45, 7) is 4.54. The molecule has 32 heavy (non-hydrogen) atoms. The number of halogens is 1. The maximum Gasteiger partial charge on any atom is 0.303 e. The molecule has 1 heterocycles. The second-order valence-corrected chi connectivity index (χ2v) is 8.64. The van der Waals surface area contributed by atoms with Crippen LogP contribution in [0.2, 0.25) is 5.02 Å². The maximum atomic E-state index is 11.9. The molecule has 0 amide bonds. The van der Waals surface area contributed by atoms with Crippen LogP contribution in [0.15, 0.2) is 29.2 Å². The molecule has 11 heteroatoms. The molecule has 1 aromatic carbocycles. The summed E-state index contributed by atoms with van der Waals surface area (Å²) in [5, 5.41) is 0.544. The number of rotatable bonds is 8. The van der Waals surface area contributed by atoms with Gasteiger partial charge in [0.1, 0.15) is 24.8 Å². The van der Waals surface area contributed by atoms with Gasteiger partial charge in [-0.05, 0) is 24.3 Å². The summed E-state index contributed by atoms with van der Waals surface area (Å²) in [7, 11) is 0. The lowest BCUT2D eigenvalue weighted by Gasteiger charge is -2.44. The minimum Gasteiger partial charge on any atom is -0.465 e. The molecule has 9 nitrogen and oxygen atoms in total. The third kappa shape index (κ3) is 7.99. The lowest BCUT2D eigenvalue weighted by Crippen LogP contribution is -2.58. The minimum atomic E-state index is -1.02. The van der Waals surface area contributed by atoms with E-state index in [0.29, 0.717) is 5.02 Å². The van der Waals surface area contributed by atoms with Crippen molar-refractivity contribution in [2.45, 2.75) is 56.3 Å². The van der Waals surface area contributed by atoms with Gasteiger partial charge in [0, 0.05) is 37.6 Å². The first-order valence-electron chi connectivity index (χ1n) is 9.75. The Bertz CT molecular complexity index is 829. The van der Waals surface area contributed by atoms with Gasteiger partial charge in [-0.2, -0.15) is 0 Å². The molecule has 0 spiro atoms. The van der Waals surface area contributed by atoms with Crippen LogP contribution in [0, 0.1) is 5.92 Å². The quantitative estimate of drug-likeness (QED) is 0.399. The lowest BCUT2D eigenvalue weighted by molar-refractivity contribution is -0.221. The smallest absolute Gasteiger partial charge is 0.303 e. The van der Waals surface area contributed by atoms with Gasteiger partial charge in [0.25, 0.3) is 0 Å². The number of esters is 4. The van der Waals surface area contributed by atoms with Crippen LogP contribution in [-0.2, 0) is 42.9 Å². The molecular formula is C21H25ClO9S. The van der Waals surface area contributed by atoms with Gasteiger partial charge in [0.2, 0.25) is 0 Å². The molecule has 1 aliphatic heterocycles. The highest BCUT2D eigenvalue weighted by Gasteiger charge is 2.51. The summed E-state index contributed by atoms with van der Waals surface area (Å²) >= 11 is 7.17. The monoisotopic (exact) mass is 488 g/mol. The van der Waals surface area contributed by atoms with Gasteiger partial charge in [0.05, 0.1) is 5.92 Å². The van der Waals surface area contributed by atoms with E-state index in [1.165, 1.54) is 39.5 Å². The molecule has 1 aliphatic rings. The largest absolute Gasteiger partial charge is 0.465 e. The Labute approximate surface area is 195 Å². The van der Waals surface area contributed by atoms with Crippen LogP contribution < -0.4 is 0 Å². The molecular weight excluding hydrogens is 464 g/mol. The van der Waals surface area contributed by atoms with Crippen molar-refractivity contribution in [3.05, 3.63) is 29.3 Å². The third-order valence-corrected chi connectivity index (χ3v) is 5.81. The highest BCUT2D eigenvalue weighted by atomic mass is 35.5. The topological polar surface area (TPSA) is 114 Å². The van der Waals surface area contributed by atoms with E-state index in [2.05, 4.69) is 0 Å². The zero-order chi connectivity index (χ0) is 23.8. The molecule has 0 unspecified atom stereocenters. The van der Waals surface area contributed by atoms with Crippen molar-refractivity contribution in [1.82, 2.24) is 0 Å². The van der Waals surface area contributed by atoms with Gasteiger partial charge in [0.15, 0.2) is 12.2 Å². The average molecular weight is 489 g/mol. The molecule has 0 aliphatic carbocycles. The predicted octanol–water partition coefficient (Wildman–Crippen LogP) is 2.76. The molecule has 1 saturated heterocycles. The Balaban J connectivity index is 2.41. The molecule has 0 radical (unpaired) electrons. The lowest BCUT2D eigenvalue weighted by atomic mass is 9.90. The maximum absolute atomic E-state index is 11.9. The highest BCUT2D eigenvalue weighted by molar-refractivity contribution is 7.99. The SMILES string of the molecule is CC(=O)OC[C@@H]1[C@@H](OC(C)=O)[C@@H](OC(C)=O)[C@@H](Sc2ccc(Cl)cc2)O[C@@H]1COC(C)=O. The molecule has 0 bridgehead atoms. The molecule has 2 rings (SSSR count). The standard InChI is InChI=1S/C21H25ClO9S/c1-11(23)27-9-17-18(10-28-12(2)24)31-21(32-16-7-5-15(22)6-8-16)20(30-14(4)26)19(17)29-13(3)25/h5-8,17-21H,9-10H2,1-4H3/t17-,18+,19+,20+,21+/m0/s1. The van der Waals surface area contributed by atoms with Crippen LogP contribution in [0.4, 0.5) is 0 Å². The summed E-state index contributed by atoms with van der Waals surface area (Å²) in [6.07, 6.45) is -2.85. The first-order chi connectivity index (χ1) is 15.1. The Kier molecular flexibility index (Phi) is 9.80. The highest BCUT2D eigenvalue weighted by Crippen LogP contribution is 2.39. The van der Waals surface area contributed by atoms with Crippen LogP contribution in [0.3, 0.4) is 0 Å². The van der Waals surface area contributed by atoms with Crippen molar-refractivity contribution < 1.29 is 42.9 Å². The number of hydrogen-bond acceptors (Lipinski definition) is 10. The van der Waals surface area contributed by atoms with Crippen LogP contribution >= 0.6 is 23.4 Å². The fraction of sp³-hybridized carbons (Fsp3) is 0.524. The van der Waals surface area contributed by atoms with Gasteiger partial charge < -0.3 is 23.7 Å². The number of thioether (sulfide) groups is 1. The van der Waals surface area contributed by atoms with E-state index in [9.17, 15) is 19.2 Å². The average Bonchev–Trinajstić information content (AvgIpc) is 2.69. The van der Waals surface area contributed by atoms with Crippen LogP contribution in [0.5, 0.6) is 0 Å². The van der Waals surface area contributed by atoms with E-state index in [4.69, 9.17) is 35.3 Å². The summed E-state index contributed by atoms with van der Waals surface area (Å²) in [6, 6.07) is 6.90. The second-order valence-electron chi connectivity index (χ2n) is 7.03. The van der Waals surface area contributed by atoms with E-state index in [1.807, 2.05) is 0 Å². The van der Waals surface area contributed by atoms with Crippen molar-refractivity contribution in [2.24, 2.45) is 5.92 Å². The summed E-state index contributed by atoms with van der Waals surface area (Å²) in [4.78, 5) is 47.3. The molecule has 0 N–H and O–H groups in total. The minimum absolute atomic E-state index is 0.177. The number of benzene rings is 1. The first-order valence-corrected chi connectivity index (χ1v) is 11.0. The van der Waals surface area contributed by atoms with E-state index >= 15 is 0 Å². The second kappa shape index (κ2) is 12.1. The van der Waals surface area contributed by atoms with Gasteiger partial charge in [-0.15, -0.1) is 0 Å². The van der Waals surface area contributed by atoms with Crippen molar-refractivity contribution in [2.75, 3.05) is 13.2 Å². The summed E-state index contributed by atoms with van der Waals surface area (Å²) in [5.41, 5.74) is -0.821. The number of ether oxygens (including phenoxy) is 5. The molecule has 1 aromatic rings. The number of hydrogen-bond donors (Lipinski definition) is 0. The Hall–Kier alpha value is -2.30. The van der Waals surface area contributed by atoms with Gasteiger partial charge >= 0.3 is 23.9 Å². The van der Waals surface area contributed by atoms with E-state index < -0.39 is 53.5 Å². The van der Waals surface area contributed by atoms with Gasteiger partial charge in [-0.3, -0.25) is 19.2 Å². The zero-order valence-electron chi connectivity index (χ0n) is 18.1. The Morgan fingerprint density at radius 2 is 1.38 bits per heavy atom. The van der Waals surface area contributed by atoms with E-state index in [-0.39, 0.29) is 13.2 Å². The van der Waals surface area contributed by atoms with Crippen LogP contribution in [0.1, 0.15) is 27.7 Å². The first kappa shape index (κ1) is 26.0. The van der Waals surface area contributed by atoms with Gasteiger partial charge in [-0.1, -0.05) is 23.4 Å². The normalized spacial score (nSPS) is 24.8. The van der Waals surface area contributed by atoms with Crippen LogP contribution in [-0.4, -0.2) is 60.8 Å². The van der Waals surface area contributed by atoms with Crippen molar-refractivity contribution in [3.8, 4) is 0 Å². The fourth-order valence-electron chi connectivity index (χ4n) is 3.14. The molecule has 1 fully saturated rings. The van der Waals surface area contributed by atoms with Crippen LogP contribution in [0.25, 0.3) is 0 Å². The molecule has 176 valence electrons. The Morgan fingerprint density at radius 1 is 0.844 bits per heavy atom.